The van der Waals surface area contributed by atoms with Crippen LogP contribution in [0.1, 0.15) is 0 Å². The Morgan fingerprint density at radius 3 is 2.33 bits per heavy atom. The third-order valence-electron chi connectivity index (χ3n) is 0.981. The summed E-state index contributed by atoms with van der Waals surface area (Å²) in [7, 11) is 3.94. The smallest absolute Gasteiger partial charge is 0.0967 e. The molecule has 0 aromatic heterocycles. The van der Waals surface area contributed by atoms with E-state index in [1.165, 1.54) is 0 Å². The number of nitrogens with zero attached hydrogens (tertiary/aromatic N) is 1. The van der Waals surface area contributed by atoms with E-state index in [9.17, 15) is 0 Å². The van der Waals surface area contributed by atoms with Crippen LogP contribution in [0.3, 0.4) is 0 Å². The summed E-state index contributed by atoms with van der Waals surface area (Å²) in [6, 6.07) is 0. The summed E-state index contributed by atoms with van der Waals surface area (Å²) in [6.45, 7) is 1.34. The van der Waals surface area contributed by atoms with E-state index >= 15 is 0 Å². The lowest BCUT2D eigenvalue weighted by atomic mass is 10.3. The van der Waals surface area contributed by atoms with Crippen LogP contribution in [0.25, 0.3) is 0 Å². The molecule has 0 aromatic rings. The highest BCUT2D eigenvalue weighted by Gasteiger charge is 2.04. The number of likely N-dealkylation sites (N-methyl/N-ethyl adjacent to an activating group) is 1. The van der Waals surface area contributed by atoms with Gasteiger partial charge in [-0.25, -0.2) is 0 Å². The first-order valence-corrected chi connectivity index (χ1v) is 3.22. The summed E-state index contributed by atoms with van der Waals surface area (Å²) in [5.41, 5.74) is 5.33. The third-order valence-corrected chi connectivity index (χ3v) is 1.28. The standard InChI is InChI=1S/C5H14N2OS/c1-7(2)4-5(3-6)8-9/h5,9H,3-4,6H2,1-2H3. The molecular weight excluding hydrogens is 136 g/mol. The molecule has 0 saturated heterocycles. The average molecular weight is 150 g/mol. The molecular formula is C5H14N2OS. The predicted octanol–water partition coefficient (Wildman–Crippen LogP) is -0.263. The molecule has 0 aromatic carbocycles. The first-order valence-electron chi connectivity index (χ1n) is 2.85. The van der Waals surface area contributed by atoms with Crippen LogP contribution in [-0.2, 0) is 4.18 Å². The van der Waals surface area contributed by atoms with E-state index in [1.807, 2.05) is 19.0 Å². The fourth-order valence-electron chi connectivity index (χ4n) is 0.558. The van der Waals surface area contributed by atoms with Gasteiger partial charge in [0.25, 0.3) is 0 Å². The molecule has 1 atom stereocenters. The number of nitrogens with two attached hydrogens (primary N) is 1. The van der Waals surface area contributed by atoms with Crippen LogP contribution in [0.15, 0.2) is 0 Å². The minimum absolute atomic E-state index is 0.0448. The lowest BCUT2D eigenvalue weighted by molar-refractivity contribution is 0.199. The van der Waals surface area contributed by atoms with Gasteiger partial charge >= 0.3 is 0 Å². The van der Waals surface area contributed by atoms with Crippen molar-refractivity contribution in [2.24, 2.45) is 5.73 Å². The van der Waals surface area contributed by atoms with Crippen molar-refractivity contribution in [1.82, 2.24) is 4.90 Å². The Bertz CT molecular complexity index is 66.0. The van der Waals surface area contributed by atoms with Gasteiger partial charge in [-0.05, 0) is 27.0 Å². The SMILES string of the molecule is CN(C)CC(CN)OS. The Balaban J connectivity index is 3.31. The molecule has 3 nitrogen and oxygen atoms in total. The van der Waals surface area contributed by atoms with Crippen molar-refractivity contribution in [3.05, 3.63) is 0 Å². The van der Waals surface area contributed by atoms with Crippen LogP contribution in [0.4, 0.5) is 0 Å². The lowest BCUT2D eigenvalue weighted by Crippen LogP contribution is -2.32. The second-order valence-corrected chi connectivity index (χ2v) is 2.44. The molecule has 56 valence electrons. The van der Waals surface area contributed by atoms with Crippen LogP contribution < -0.4 is 5.73 Å². The molecule has 0 heterocycles. The monoisotopic (exact) mass is 150 g/mol. The van der Waals surface area contributed by atoms with Gasteiger partial charge in [0.05, 0.1) is 6.10 Å². The van der Waals surface area contributed by atoms with Gasteiger partial charge in [0, 0.05) is 13.1 Å². The predicted molar refractivity (Wildman–Crippen MR) is 41.5 cm³/mol. The zero-order valence-corrected chi connectivity index (χ0v) is 6.77. The van der Waals surface area contributed by atoms with Gasteiger partial charge < -0.3 is 14.8 Å². The van der Waals surface area contributed by atoms with Crippen LogP contribution in [-0.4, -0.2) is 38.2 Å². The van der Waals surface area contributed by atoms with E-state index in [1.54, 1.807) is 0 Å². The van der Waals surface area contributed by atoms with Crippen molar-refractivity contribution in [2.75, 3.05) is 27.2 Å². The van der Waals surface area contributed by atoms with Gasteiger partial charge in [-0.15, -0.1) is 0 Å². The van der Waals surface area contributed by atoms with E-state index < -0.39 is 0 Å². The molecule has 0 aliphatic rings. The Labute approximate surface area is 61.8 Å². The van der Waals surface area contributed by atoms with E-state index in [0.717, 1.165) is 6.54 Å². The maximum Gasteiger partial charge on any atom is 0.0967 e. The molecule has 0 bridgehead atoms. The summed E-state index contributed by atoms with van der Waals surface area (Å²) >= 11 is 3.66. The average Bonchev–Trinajstić information content (AvgIpc) is 1.82. The molecule has 0 rings (SSSR count). The second-order valence-electron chi connectivity index (χ2n) is 2.23. The van der Waals surface area contributed by atoms with Crippen LogP contribution in [0.2, 0.25) is 0 Å². The van der Waals surface area contributed by atoms with Crippen LogP contribution in [0, 0.1) is 0 Å². The summed E-state index contributed by atoms with van der Waals surface area (Å²) in [5, 5.41) is 0. The number of hydrogen-bond acceptors (Lipinski definition) is 4. The molecule has 2 N–H and O–H groups in total. The molecule has 9 heavy (non-hydrogen) atoms. The first-order chi connectivity index (χ1) is 4.20. The van der Waals surface area contributed by atoms with E-state index in [0.29, 0.717) is 6.54 Å². The Morgan fingerprint density at radius 1 is 1.67 bits per heavy atom. The van der Waals surface area contributed by atoms with Gasteiger partial charge in [0.1, 0.15) is 0 Å². The van der Waals surface area contributed by atoms with Crippen molar-refractivity contribution in [3.8, 4) is 0 Å². The van der Waals surface area contributed by atoms with Gasteiger partial charge in [-0.3, -0.25) is 0 Å². The maximum absolute atomic E-state index is 5.33. The Kier molecular flexibility index (Phi) is 5.18. The first kappa shape index (κ1) is 9.23. The van der Waals surface area contributed by atoms with Gasteiger partial charge in [0.2, 0.25) is 0 Å². The quantitative estimate of drug-likeness (QED) is 0.428. The minimum Gasteiger partial charge on any atom is -0.328 e. The molecule has 0 spiro atoms. The highest BCUT2D eigenvalue weighted by Crippen LogP contribution is 1.93. The third kappa shape index (κ3) is 4.72. The largest absolute Gasteiger partial charge is 0.328 e. The molecule has 1 unspecified atom stereocenters. The molecule has 0 fully saturated rings. The van der Waals surface area contributed by atoms with E-state index in [4.69, 9.17) is 9.92 Å². The zero-order chi connectivity index (χ0) is 7.28. The van der Waals surface area contributed by atoms with Crippen LogP contribution >= 0.6 is 12.9 Å². The topological polar surface area (TPSA) is 38.5 Å². The molecule has 0 radical (unpaired) electrons. The summed E-state index contributed by atoms with van der Waals surface area (Å²) in [4.78, 5) is 2.01. The van der Waals surface area contributed by atoms with Crippen molar-refractivity contribution >= 4 is 12.9 Å². The summed E-state index contributed by atoms with van der Waals surface area (Å²) in [6.07, 6.45) is 0.0448. The van der Waals surface area contributed by atoms with Crippen molar-refractivity contribution in [2.45, 2.75) is 6.10 Å². The lowest BCUT2D eigenvalue weighted by Gasteiger charge is -2.16. The molecule has 0 aliphatic carbocycles. The normalized spacial score (nSPS) is 14.3. The van der Waals surface area contributed by atoms with Crippen molar-refractivity contribution in [3.63, 3.8) is 0 Å². The molecule has 0 amide bonds. The van der Waals surface area contributed by atoms with E-state index in [2.05, 4.69) is 12.9 Å². The highest BCUT2D eigenvalue weighted by molar-refractivity contribution is 7.75. The van der Waals surface area contributed by atoms with Crippen molar-refractivity contribution in [1.29, 1.82) is 0 Å². The van der Waals surface area contributed by atoms with Gasteiger partial charge in [0.15, 0.2) is 0 Å². The van der Waals surface area contributed by atoms with Gasteiger partial charge in [-0.1, -0.05) is 0 Å². The summed E-state index contributed by atoms with van der Waals surface area (Å²) < 4.78 is 4.74. The summed E-state index contributed by atoms with van der Waals surface area (Å²) in [5.74, 6) is 0. The Hall–Kier alpha value is 0.230. The number of rotatable bonds is 4. The van der Waals surface area contributed by atoms with Crippen molar-refractivity contribution < 1.29 is 4.18 Å². The molecule has 4 heteroatoms. The zero-order valence-electron chi connectivity index (χ0n) is 5.87. The minimum atomic E-state index is 0.0448. The highest BCUT2D eigenvalue weighted by atomic mass is 32.1. The fraction of sp³-hybridized carbons (Fsp3) is 1.00. The number of hydrogen-bond donors (Lipinski definition) is 2. The molecule has 0 aliphatic heterocycles. The number of thiol groups is 1. The fourth-order valence-corrected chi connectivity index (χ4v) is 0.711. The second kappa shape index (κ2) is 5.05. The Morgan fingerprint density at radius 2 is 2.22 bits per heavy atom. The maximum atomic E-state index is 5.33. The van der Waals surface area contributed by atoms with Crippen LogP contribution in [0.5, 0.6) is 0 Å². The van der Waals surface area contributed by atoms with Gasteiger partial charge in [-0.2, -0.15) is 0 Å². The van der Waals surface area contributed by atoms with E-state index in [-0.39, 0.29) is 6.10 Å². The molecule has 0 saturated carbocycles.